The van der Waals surface area contributed by atoms with Gasteiger partial charge >= 0.3 is 6.18 Å². The first-order valence-electron chi connectivity index (χ1n) is 13.6. The standard InChI is InChI=1S/C30H32F3NO2/c31-30(32,33)21-12-10-20(11-13-21)28(36)26-24(18-6-1-2-7-18)25-22(34-27(26)19-8-3-4-9-19)16-29(14-5-15-29)17-23(25)35/h10-13,18-19H,1-9,14-17H2. The molecular weight excluding hydrogens is 463 g/mol. The predicted octanol–water partition coefficient (Wildman–Crippen LogP) is 7.95. The molecule has 1 aromatic carbocycles. The SMILES string of the molecule is O=C1CC2(CCC2)Cc2nc(C3CCCC3)c(C(=O)c3ccc(C(F)(F)F)cc3)c(C3CCCC3)c21. The summed E-state index contributed by atoms with van der Waals surface area (Å²) in [6, 6.07) is 4.53. The minimum absolute atomic E-state index is 0.0376. The molecule has 0 atom stereocenters. The Morgan fingerprint density at radius 2 is 1.47 bits per heavy atom. The van der Waals surface area contributed by atoms with E-state index in [1.165, 1.54) is 12.1 Å². The average molecular weight is 496 g/mol. The second kappa shape index (κ2) is 8.81. The molecular formula is C30H32F3NO2. The minimum atomic E-state index is -4.46. The molecule has 0 radical (unpaired) electrons. The lowest BCUT2D eigenvalue weighted by molar-refractivity contribution is -0.137. The molecule has 1 aromatic heterocycles. The summed E-state index contributed by atoms with van der Waals surface area (Å²) in [5.74, 6) is 0.136. The molecule has 6 heteroatoms. The smallest absolute Gasteiger partial charge is 0.294 e. The zero-order valence-corrected chi connectivity index (χ0v) is 20.6. The second-order valence-electron chi connectivity index (χ2n) is 11.6. The normalized spacial score (nSPS) is 22.1. The van der Waals surface area contributed by atoms with Gasteiger partial charge in [-0.3, -0.25) is 14.6 Å². The number of aromatic nitrogens is 1. The van der Waals surface area contributed by atoms with Crippen molar-refractivity contribution in [1.29, 1.82) is 0 Å². The number of hydrogen-bond acceptors (Lipinski definition) is 3. The molecule has 0 aliphatic heterocycles. The van der Waals surface area contributed by atoms with Gasteiger partial charge < -0.3 is 0 Å². The van der Waals surface area contributed by atoms with Gasteiger partial charge in [-0.2, -0.15) is 13.2 Å². The van der Waals surface area contributed by atoms with Crippen LogP contribution in [0.1, 0.15) is 138 Å². The van der Waals surface area contributed by atoms with Crippen LogP contribution in [0.15, 0.2) is 24.3 Å². The number of ketones is 2. The number of pyridine rings is 1. The number of alkyl halides is 3. The molecule has 1 spiro atoms. The predicted molar refractivity (Wildman–Crippen MR) is 130 cm³/mol. The fraction of sp³-hybridized carbons (Fsp3) is 0.567. The van der Waals surface area contributed by atoms with E-state index >= 15 is 0 Å². The van der Waals surface area contributed by atoms with Gasteiger partial charge in [-0.15, -0.1) is 0 Å². The molecule has 4 aliphatic carbocycles. The van der Waals surface area contributed by atoms with E-state index in [4.69, 9.17) is 4.98 Å². The number of halogens is 3. The number of hydrogen-bond donors (Lipinski definition) is 0. The van der Waals surface area contributed by atoms with Crippen molar-refractivity contribution in [3.63, 3.8) is 0 Å². The molecule has 4 aliphatic rings. The Morgan fingerprint density at radius 1 is 0.861 bits per heavy atom. The van der Waals surface area contributed by atoms with Gasteiger partial charge in [0.1, 0.15) is 0 Å². The molecule has 6 rings (SSSR count). The Labute approximate surface area is 209 Å². The molecule has 0 unspecified atom stereocenters. The molecule has 0 amide bonds. The first-order chi connectivity index (χ1) is 17.3. The zero-order valence-electron chi connectivity index (χ0n) is 20.6. The van der Waals surface area contributed by atoms with Crippen molar-refractivity contribution in [2.45, 2.75) is 101 Å². The van der Waals surface area contributed by atoms with Crippen molar-refractivity contribution in [3.05, 3.63) is 63.5 Å². The largest absolute Gasteiger partial charge is 0.416 e. The van der Waals surface area contributed by atoms with Crippen molar-refractivity contribution in [2.24, 2.45) is 5.41 Å². The van der Waals surface area contributed by atoms with Crippen LogP contribution in [0.25, 0.3) is 0 Å². The molecule has 0 bridgehead atoms. The maximum Gasteiger partial charge on any atom is 0.416 e. The monoisotopic (exact) mass is 495 g/mol. The molecule has 3 nitrogen and oxygen atoms in total. The Morgan fingerprint density at radius 3 is 2.03 bits per heavy atom. The van der Waals surface area contributed by atoms with Crippen LogP contribution in [0.4, 0.5) is 13.2 Å². The van der Waals surface area contributed by atoms with Crippen molar-refractivity contribution < 1.29 is 22.8 Å². The Bertz CT molecular complexity index is 1200. The number of nitrogens with zero attached hydrogens (tertiary/aromatic N) is 1. The summed E-state index contributed by atoms with van der Waals surface area (Å²) in [4.78, 5) is 32.9. The van der Waals surface area contributed by atoms with Crippen LogP contribution in [-0.2, 0) is 12.6 Å². The van der Waals surface area contributed by atoms with Crippen molar-refractivity contribution in [2.75, 3.05) is 0 Å². The van der Waals surface area contributed by atoms with Gasteiger partial charge in [0.2, 0.25) is 0 Å². The molecule has 3 saturated carbocycles. The van der Waals surface area contributed by atoms with Crippen molar-refractivity contribution in [3.8, 4) is 0 Å². The van der Waals surface area contributed by atoms with E-state index < -0.39 is 11.7 Å². The van der Waals surface area contributed by atoms with Crippen molar-refractivity contribution >= 4 is 11.6 Å². The first-order valence-corrected chi connectivity index (χ1v) is 13.6. The lowest BCUT2D eigenvalue weighted by Gasteiger charge is -2.45. The molecule has 36 heavy (non-hydrogen) atoms. The van der Waals surface area contributed by atoms with Gasteiger partial charge in [-0.05, 0) is 74.0 Å². The van der Waals surface area contributed by atoms with Crippen LogP contribution < -0.4 is 0 Å². The fourth-order valence-corrected chi connectivity index (χ4v) is 7.30. The molecule has 2 aromatic rings. The summed E-state index contributed by atoms with van der Waals surface area (Å²) in [7, 11) is 0. The minimum Gasteiger partial charge on any atom is -0.294 e. The lowest BCUT2D eigenvalue weighted by atomic mass is 9.59. The topological polar surface area (TPSA) is 47.0 Å². The van der Waals surface area contributed by atoms with Crippen LogP contribution in [0.2, 0.25) is 0 Å². The summed E-state index contributed by atoms with van der Waals surface area (Å²) < 4.78 is 39.5. The number of rotatable bonds is 4. The average Bonchev–Trinajstić information content (AvgIpc) is 3.55. The number of carbonyl (C=O) groups excluding carboxylic acids is 2. The summed E-state index contributed by atoms with van der Waals surface area (Å²) >= 11 is 0. The van der Waals surface area contributed by atoms with Crippen molar-refractivity contribution in [1.82, 2.24) is 4.98 Å². The van der Waals surface area contributed by atoms with Gasteiger partial charge in [0, 0.05) is 29.0 Å². The Kier molecular flexibility index (Phi) is 5.84. The highest BCUT2D eigenvalue weighted by molar-refractivity contribution is 6.13. The van der Waals surface area contributed by atoms with E-state index in [0.717, 1.165) is 106 Å². The highest BCUT2D eigenvalue weighted by atomic mass is 19.4. The van der Waals surface area contributed by atoms with Crippen LogP contribution in [0.3, 0.4) is 0 Å². The maximum absolute atomic E-state index is 14.1. The number of Topliss-reactive ketones (excluding diaryl/α,β-unsaturated/α-hetero) is 1. The van der Waals surface area contributed by atoms with Gasteiger partial charge in [0.05, 0.1) is 17.0 Å². The zero-order chi connectivity index (χ0) is 25.1. The third-order valence-electron chi connectivity index (χ3n) is 9.32. The quantitative estimate of drug-likeness (QED) is 0.405. The molecule has 0 N–H and O–H groups in total. The highest BCUT2D eigenvalue weighted by Crippen LogP contribution is 2.53. The van der Waals surface area contributed by atoms with Crippen LogP contribution in [0, 0.1) is 5.41 Å². The summed E-state index contributed by atoms with van der Waals surface area (Å²) in [5, 5.41) is 0. The molecule has 190 valence electrons. The second-order valence-corrected chi connectivity index (χ2v) is 11.6. The highest BCUT2D eigenvalue weighted by Gasteiger charge is 2.46. The van der Waals surface area contributed by atoms with E-state index in [2.05, 4.69) is 0 Å². The lowest BCUT2D eigenvalue weighted by Crippen LogP contribution is -2.40. The molecule has 1 heterocycles. The van der Waals surface area contributed by atoms with Crippen LogP contribution in [0.5, 0.6) is 0 Å². The number of fused-ring (bicyclic) bond motifs is 1. The summed E-state index contributed by atoms with van der Waals surface area (Å²) in [5.41, 5.74) is 3.29. The van der Waals surface area contributed by atoms with E-state index in [0.29, 0.717) is 17.5 Å². The van der Waals surface area contributed by atoms with E-state index in [-0.39, 0.29) is 34.4 Å². The summed E-state index contributed by atoms with van der Waals surface area (Å²) in [6.07, 6.45) is 8.23. The number of carbonyl (C=O) groups is 2. The first kappa shape index (κ1) is 23.9. The maximum atomic E-state index is 14.1. The Hall–Kier alpha value is -2.50. The van der Waals surface area contributed by atoms with E-state index in [1.807, 2.05) is 0 Å². The number of benzene rings is 1. The molecule has 3 fully saturated rings. The van der Waals surface area contributed by atoms with Crippen LogP contribution in [-0.4, -0.2) is 16.6 Å². The van der Waals surface area contributed by atoms with E-state index in [1.54, 1.807) is 0 Å². The van der Waals surface area contributed by atoms with Gasteiger partial charge in [-0.1, -0.05) is 44.2 Å². The molecule has 0 saturated heterocycles. The van der Waals surface area contributed by atoms with E-state index in [9.17, 15) is 22.8 Å². The van der Waals surface area contributed by atoms with Gasteiger partial charge in [0.25, 0.3) is 0 Å². The Balaban J connectivity index is 1.54. The van der Waals surface area contributed by atoms with Gasteiger partial charge in [-0.25, -0.2) is 0 Å². The van der Waals surface area contributed by atoms with Gasteiger partial charge in [0.15, 0.2) is 11.6 Å². The third kappa shape index (κ3) is 4.01. The fourth-order valence-electron chi connectivity index (χ4n) is 7.30. The van der Waals surface area contributed by atoms with Crippen LogP contribution >= 0.6 is 0 Å². The summed E-state index contributed by atoms with van der Waals surface area (Å²) in [6.45, 7) is 0. The third-order valence-corrected chi connectivity index (χ3v) is 9.32.